The molecule has 0 saturated heterocycles. The van der Waals surface area contributed by atoms with E-state index < -0.39 is 13.0 Å². The quantitative estimate of drug-likeness (QED) is 0.872. The SMILES string of the molecule is O=c1cc(OCC(F)F)nc2ccc(Br)cn12. The first kappa shape index (κ1) is 12.0. The van der Waals surface area contributed by atoms with Crippen molar-refractivity contribution in [3.63, 3.8) is 0 Å². The molecule has 0 amide bonds. The number of hydrogen-bond acceptors (Lipinski definition) is 3. The van der Waals surface area contributed by atoms with Gasteiger partial charge in [0.2, 0.25) is 5.88 Å². The molecule has 0 aromatic carbocycles. The van der Waals surface area contributed by atoms with Gasteiger partial charge in [0.1, 0.15) is 5.65 Å². The van der Waals surface area contributed by atoms with Crippen molar-refractivity contribution in [2.75, 3.05) is 6.61 Å². The standard InChI is InChI=1S/C10H7BrF2N2O2/c11-6-1-2-8-14-9(17-5-7(12)13)3-10(16)15(8)4-6/h1-4,7H,5H2. The number of nitrogens with zero attached hydrogens (tertiary/aromatic N) is 2. The summed E-state index contributed by atoms with van der Waals surface area (Å²) in [5.41, 5.74) is -0.0504. The molecule has 2 aromatic heterocycles. The molecule has 0 bridgehead atoms. The Bertz CT molecular complexity index is 600. The Morgan fingerprint density at radius 1 is 1.47 bits per heavy atom. The van der Waals surface area contributed by atoms with Crippen LogP contribution in [0.2, 0.25) is 0 Å². The second-order valence-corrected chi connectivity index (χ2v) is 4.13. The molecule has 0 saturated carbocycles. The third kappa shape index (κ3) is 2.79. The number of aromatic nitrogens is 2. The molecular formula is C10H7BrF2N2O2. The summed E-state index contributed by atoms with van der Waals surface area (Å²) < 4.78 is 30.6. The minimum Gasteiger partial charge on any atom is -0.471 e. The lowest BCUT2D eigenvalue weighted by Gasteiger charge is -2.06. The van der Waals surface area contributed by atoms with E-state index in [0.717, 1.165) is 10.5 Å². The molecular weight excluding hydrogens is 298 g/mol. The Hall–Kier alpha value is -1.50. The zero-order chi connectivity index (χ0) is 12.4. The molecule has 0 aliphatic heterocycles. The maximum Gasteiger partial charge on any atom is 0.272 e. The molecule has 0 unspecified atom stereocenters. The summed E-state index contributed by atoms with van der Waals surface area (Å²) in [6.45, 7) is -0.779. The molecule has 0 atom stereocenters. The Balaban J connectivity index is 2.42. The highest BCUT2D eigenvalue weighted by Gasteiger charge is 2.07. The number of hydrogen-bond donors (Lipinski definition) is 0. The fourth-order valence-electron chi connectivity index (χ4n) is 1.28. The smallest absolute Gasteiger partial charge is 0.272 e. The first-order valence-corrected chi connectivity index (χ1v) is 5.45. The molecule has 4 nitrogen and oxygen atoms in total. The van der Waals surface area contributed by atoms with Crippen LogP contribution in [0.4, 0.5) is 8.78 Å². The molecule has 0 aliphatic carbocycles. The number of ether oxygens (including phenoxy) is 1. The molecule has 0 fully saturated rings. The van der Waals surface area contributed by atoms with Gasteiger partial charge in [0.15, 0.2) is 6.61 Å². The lowest BCUT2D eigenvalue weighted by molar-refractivity contribution is 0.0796. The van der Waals surface area contributed by atoms with E-state index in [4.69, 9.17) is 4.74 Å². The summed E-state index contributed by atoms with van der Waals surface area (Å²) in [7, 11) is 0. The predicted octanol–water partition coefficient (Wildman–Crippen LogP) is 2.10. The third-order valence-electron chi connectivity index (χ3n) is 1.96. The molecule has 2 aromatic rings. The van der Waals surface area contributed by atoms with Gasteiger partial charge in [-0.25, -0.2) is 8.78 Å². The van der Waals surface area contributed by atoms with E-state index in [2.05, 4.69) is 20.9 Å². The summed E-state index contributed by atoms with van der Waals surface area (Å²) in [6.07, 6.45) is -1.05. The van der Waals surface area contributed by atoms with E-state index in [-0.39, 0.29) is 11.4 Å². The van der Waals surface area contributed by atoms with Crippen LogP contribution in [0.15, 0.2) is 33.7 Å². The number of fused-ring (bicyclic) bond motifs is 1. The predicted molar refractivity (Wildman–Crippen MR) is 60.7 cm³/mol. The van der Waals surface area contributed by atoms with E-state index in [1.165, 1.54) is 4.40 Å². The molecule has 0 spiro atoms. The minimum absolute atomic E-state index is 0.0994. The average molecular weight is 305 g/mol. The summed E-state index contributed by atoms with van der Waals surface area (Å²) in [6, 6.07) is 4.35. The van der Waals surface area contributed by atoms with Gasteiger partial charge in [-0.15, -0.1) is 0 Å². The molecule has 7 heteroatoms. The lowest BCUT2D eigenvalue weighted by atomic mass is 10.4. The molecule has 17 heavy (non-hydrogen) atoms. The van der Waals surface area contributed by atoms with Crippen molar-refractivity contribution in [2.24, 2.45) is 0 Å². The van der Waals surface area contributed by atoms with Crippen LogP contribution < -0.4 is 10.3 Å². The van der Waals surface area contributed by atoms with E-state index >= 15 is 0 Å². The van der Waals surface area contributed by atoms with Gasteiger partial charge in [-0.05, 0) is 28.1 Å². The first-order valence-electron chi connectivity index (χ1n) is 4.66. The molecule has 0 radical (unpaired) electrons. The first-order chi connectivity index (χ1) is 8.06. The lowest BCUT2D eigenvalue weighted by Crippen LogP contribution is -2.16. The number of alkyl halides is 2. The van der Waals surface area contributed by atoms with Crippen molar-refractivity contribution >= 4 is 21.6 Å². The van der Waals surface area contributed by atoms with Crippen molar-refractivity contribution in [1.82, 2.24) is 9.38 Å². The highest BCUT2D eigenvalue weighted by Crippen LogP contribution is 2.12. The summed E-state index contributed by atoms with van der Waals surface area (Å²) in [5, 5.41) is 0. The van der Waals surface area contributed by atoms with Crippen LogP contribution in [0, 0.1) is 0 Å². The Kier molecular flexibility index (Phi) is 3.37. The summed E-state index contributed by atoms with van der Waals surface area (Å²) >= 11 is 3.22. The van der Waals surface area contributed by atoms with Crippen LogP contribution in [0.3, 0.4) is 0 Å². The van der Waals surface area contributed by atoms with Crippen LogP contribution in [0.1, 0.15) is 0 Å². The number of pyridine rings is 1. The van der Waals surface area contributed by atoms with Gasteiger partial charge in [-0.2, -0.15) is 4.98 Å². The van der Waals surface area contributed by atoms with Crippen molar-refractivity contribution in [3.8, 4) is 5.88 Å². The zero-order valence-corrected chi connectivity index (χ0v) is 10.0. The van der Waals surface area contributed by atoms with Crippen molar-refractivity contribution in [3.05, 3.63) is 39.2 Å². The molecule has 0 N–H and O–H groups in total. The number of rotatable bonds is 3. The minimum atomic E-state index is -2.60. The van der Waals surface area contributed by atoms with Gasteiger partial charge >= 0.3 is 0 Å². The Morgan fingerprint density at radius 3 is 2.94 bits per heavy atom. The summed E-state index contributed by atoms with van der Waals surface area (Å²) in [4.78, 5) is 15.6. The third-order valence-corrected chi connectivity index (χ3v) is 2.43. The summed E-state index contributed by atoms with van der Waals surface area (Å²) in [5.74, 6) is -0.0994. The van der Waals surface area contributed by atoms with E-state index in [9.17, 15) is 13.6 Å². The van der Waals surface area contributed by atoms with Crippen LogP contribution in [0.25, 0.3) is 5.65 Å². The van der Waals surface area contributed by atoms with Crippen molar-refractivity contribution in [2.45, 2.75) is 6.43 Å². The van der Waals surface area contributed by atoms with Crippen LogP contribution in [-0.2, 0) is 0 Å². The van der Waals surface area contributed by atoms with Gasteiger partial charge in [0.25, 0.3) is 12.0 Å². The molecule has 0 aliphatic rings. The van der Waals surface area contributed by atoms with Crippen molar-refractivity contribution in [1.29, 1.82) is 0 Å². The largest absolute Gasteiger partial charge is 0.471 e. The van der Waals surface area contributed by atoms with Gasteiger partial charge in [-0.3, -0.25) is 9.20 Å². The second-order valence-electron chi connectivity index (χ2n) is 3.21. The van der Waals surface area contributed by atoms with Gasteiger partial charge in [-0.1, -0.05) is 0 Å². The van der Waals surface area contributed by atoms with Crippen LogP contribution >= 0.6 is 15.9 Å². The van der Waals surface area contributed by atoms with Crippen LogP contribution in [0.5, 0.6) is 5.88 Å². The van der Waals surface area contributed by atoms with Gasteiger partial charge < -0.3 is 4.74 Å². The Morgan fingerprint density at radius 2 is 2.24 bits per heavy atom. The van der Waals surface area contributed by atoms with E-state index in [1.54, 1.807) is 18.3 Å². The van der Waals surface area contributed by atoms with Gasteiger partial charge in [0, 0.05) is 10.7 Å². The Labute approximate surface area is 103 Å². The average Bonchev–Trinajstić information content (AvgIpc) is 2.27. The van der Waals surface area contributed by atoms with Gasteiger partial charge in [0.05, 0.1) is 6.07 Å². The highest BCUT2D eigenvalue weighted by molar-refractivity contribution is 9.10. The monoisotopic (exact) mass is 304 g/mol. The fraction of sp³-hybridized carbons (Fsp3) is 0.200. The number of halogens is 3. The maximum absolute atomic E-state index is 11.9. The van der Waals surface area contributed by atoms with E-state index in [1.807, 2.05) is 0 Å². The van der Waals surface area contributed by atoms with E-state index in [0.29, 0.717) is 5.65 Å². The van der Waals surface area contributed by atoms with Crippen LogP contribution in [-0.4, -0.2) is 22.4 Å². The zero-order valence-electron chi connectivity index (χ0n) is 8.44. The fourth-order valence-corrected chi connectivity index (χ4v) is 1.61. The molecule has 90 valence electrons. The normalized spacial score (nSPS) is 11.1. The topological polar surface area (TPSA) is 43.6 Å². The second kappa shape index (κ2) is 4.79. The maximum atomic E-state index is 11.9. The molecule has 2 heterocycles. The highest BCUT2D eigenvalue weighted by atomic mass is 79.9. The molecule has 2 rings (SSSR count). The van der Waals surface area contributed by atoms with Crippen molar-refractivity contribution < 1.29 is 13.5 Å².